The standard InChI is InChI=1S/C21H18N8O5S2/c1-34-27-14(13-8-36-21(22)25-13)17(30)26-15-18(31)29-16(20(32)33)11(7-35-19(15)29)5-28-3-2-10-4-23-9-24-12(10)6-28/h2-4,6,8-9,15,19H,5,7H2,1H3,(H3-,22,25,26,30,32,33)/p+1/b27-14-/t15-,19-/m1/s1. The van der Waals surface area contributed by atoms with Crippen LogP contribution in [0.1, 0.15) is 5.69 Å². The van der Waals surface area contributed by atoms with Gasteiger partial charge in [-0.3, -0.25) is 14.5 Å². The van der Waals surface area contributed by atoms with Gasteiger partial charge in [0.25, 0.3) is 11.8 Å². The molecule has 3 aromatic rings. The van der Waals surface area contributed by atoms with Gasteiger partial charge in [-0.2, -0.15) is 4.57 Å². The summed E-state index contributed by atoms with van der Waals surface area (Å²) in [5.41, 5.74) is 6.92. The highest BCUT2D eigenvalue weighted by atomic mass is 32.2. The van der Waals surface area contributed by atoms with Crippen molar-refractivity contribution in [2.75, 3.05) is 18.6 Å². The van der Waals surface area contributed by atoms with E-state index < -0.39 is 29.2 Å². The predicted octanol–water partition coefficient (Wildman–Crippen LogP) is -0.255. The van der Waals surface area contributed by atoms with Gasteiger partial charge in [0.05, 0.1) is 0 Å². The minimum absolute atomic E-state index is 0.0809. The molecule has 1 saturated heterocycles. The molecule has 0 unspecified atom stereocenters. The molecular formula is C21H19N8O5S2+. The summed E-state index contributed by atoms with van der Waals surface area (Å²) in [6.07, 6.45) is 6.73. The SMILES string of the molecule is CO/N=C(\C(=O)N[C@@H]1C(=O)N2C(C(=O)O)=C(C[n+]3ccc4cncnc4c3)CS[C@H]12)c1csc(N)n1. The smallest absolute Gasteiger partial charge is 0.352 e. The Morgan fingerprint density at radius 2 is 2.28 bits per heavy atom. The van der Waals surface area contributed by atoms with Crippen molar-refractivity contribution < 1.29 is 28.9 Å². The molecular weight excluding hydrogens is 508 g/mol. The average Bonchev–Trinajstić information content (AvgIpc) is 3.30. The molecule has 5 heterocycles. The van der Waals surface area contributed by atoms with E-state index in [-0.39, 0.29) is 28.8 Å². The number of amides is 2. The molecule has 0 radical (unpaired) electrons. The third-order valence-electron chi connectivity index (χ3n) is 5.58. The molecule has 0 spiro atoms. The van der Waals surface area contributed by atoms with Gasteiger partial charge >= 0.3 is 5.97 Å². The summed E-state index contributed by atoms with van der Waals surface area (Å²) >= 11 is 2.50. The number of rotatable bonds is 7. The summed E-state index contributed by atoms with van der Waals surface area (Å²) in [5.74, 6) is -2.06. The number of carbonyl (C=O) groups is 3. The Bertz CT molecular complexity index is 1450. The van der Waals surface area contributed by atoms with E-state index in [0.717, 1.165) is 16.7 Å². The maximum absolute atomic E-state index is 13.0. The molecule has 36 heavy (non-hydrogen) atoms. The van der Waals surface area contributed by atoms with Crippen molar-refractivity contribution in [3.63, 3.8) is 0 Å². The van der Waals surface area contributed by atoms with Gasteiger partial charge in [-0.1, -0.05) is 5.16 Å². The van der Waals surface area contributed by atoms with Crippen molar-refractivity contribution in [2.45, 2.75) is 18.0 Å². The van der Waals surface area contributed by atoms with Crippen LogP contribution in [0.2, 0.25) is 0 Å². The molecule has 0 aliphatic carbocycles. The molecule has 2 aliphatic rings. The number of oxime groups is 1. The minimum Gasteiger partial charge on any atom is -0.477 e. The molecule has 2 atom stereocenters. The van der Waals surface area contributed by atoms with Crippen molar-refractivity contribution >= 4 is 62.6 Å². The molecule has 5 rings (SSSR count). The number of aliphatic carboxylic acids is 1. The van der Waals surface area contributed by atoms with Crippen molar-refractivity contribution in [1.82, 2.24) is 25.2 Å². The second-order valence-corrected chi connectivity index (χ2v) is 9.79. The van der Waals surface area contributed by atoms with E-state index in [0.29, 0.717) is 16.8 Å². The highest BCUT2D eigenvalue weighted by molar-refractivity contribution is 8.00. The summed E-state index contributed by atoms with van der Waals surface area (Å²) < 4.78 is 1.81. The lowest BCUT2D eigenvalue weighted by Crippen LogP contribution is -2.71. The van der Waals surface area contributed by atoms with Crippen LogP contribution in [0.15, 0.2) is 52.8 Å². The van der Waals surface area contributed by atoms with Crippen LogP contribution in [0.25, 0.3) is 10.9 Å². The Morgan fingerprint density at radius 3 is 3.00 bits per heavy atom. The highest BCUT2D eigenvalue weighted by Crippen LogP contribution is 2.40. The number of aromatic nitrogens is 4. The first-order chi connectivity index (χ1) is 17.4. The maximum Gasteiger partial charge on any atom is 0.352 e. The van der Waals surface area contributed by atoms with Gasteiger partial charge in [-0.15, -0.1) is 23.1 Å². The zero-order valence-electron chi connectivity index (χ0n) is 18.7. The first-order valence-electron chi connectivity index (χ1n) is 10.5. The Labute approximate surface area is 211 Å². The van der Waals surface area contributed by atoms with Gasteiger partial charge in [0.2, 0.25) is 0 Å². The van der Waals surface area contributed by atoms with Gasteiger partial charge < -0.3 is 21.0 Å². The highest BCUT2D eigenvalue weighted by Gasteiger charge is 2.54. The fourth-order valence-corrected chi connectivity index (χ4v) is 5.87. The van der Waals surface area contributed by atoms with E-state index in [2.05, 4.69) is 25.4 Å². The number of nitrogen functional groups attached to an aromatic ring is 1. The molecule has 3 aromatic heterocycles. The van der Waals surface area contributed by atoms with E-state index in [1.807, 2.05) is 10.6 Å². The molecule has 0 saturated carbocycles. The average molecular weight is 528 g/mol. The van der Waals surface area contributed by atoms with Crippen LogP contribution in [-0.4, -0.2) is 72.7 Å². The molecule has 0 bridgehead atoms. The van der Waals surface area contributed by atoms with Gasteiger partial charge in [0.15, 0.2) is 29.8 Å². The quantitative estimate of drug-likeness (QED) is 0.161. The summed E-state index contributed by atoms with van der Waals surface area (Å²) in [6, 6.07) is 0.909. The van der Waals surface area contributed by atoms with Crippen LogP contribution in [0, 0.1) is 0 Å². The van der Waals surface area contributed by atoms with Crippen LogP contribution < -0.4 is 15.6 Å². The van der Waals surface area contributed by atoms with Gasteiger partial charge in [0.1, 0.15) is 41.8 Å². The summed E-state index contributed by atoms with van der Waals surface area (Å²) in [4.78, 5) is 56.3. The van der Waals surface area contributed by atoms with Crippen molar-refractivity contribution in [2.24, 2.45) is 5.16 Å². The number of thiazole rings is 1. The van der Waals surface area contributed by atoms with Crippen LogP contribution in [0.5, 0.6) is 0 Å². The Balaban J connectivity index is 1.36. The molecule has 13 nitrogen and oxygen atoms in total. The molecule has 2 amide bonds. The number of carboxylic acids is 1. The fourth-order valence-electron chi connectivity index (χ4n) is 3.99. The number of nitrogens with one attached hydrogen (secondary N) is 1. The monoisotopic (exact) mass is 527 g/mol. The maximum atomic E-state index is 13.0. The molecule has 184 valence electrons. The van der Waals surface area contributed by atoms with Crippen molar-refractivity contribution in [1.29, 1.82) is 0 Å². The number of nitrogens with zero attached hydrogens (tertiary/aromatic N) is 6. The van der Waals surface area contributed by atoms with Crippen LogP contribution in [0.3, 0.4) is 0 Å². The van der Waals surface area contributed by atoms with E-state index in [1.54, 1.807) is 24.0 Å². The zero-order chi connectivity index (χ0) is 25.4. The fraction of sp³-hybridized carbons (Fsp3) is 0.238. The predicted molar refractivity (Wildman–Crippen MR) is 129 cm³/mol. The molecule has 1 fully saturated rings. The van der Waals surface area contributed by atoms with E-state index in [4.69, 9.17) is 10.6 Å². The molecule has 0 aromatic carbocycles. The van der Waals surface area contributed by atoms with E-state index >= 15 is 0 Å². The third kappa shape index (κ3) is 4.22. The van der Waals surface area contributed by atoms with Crippen LogP contribution in [-0.2, 0) is 25.8 Å². The number of anilines is 1. The normalized spacial score (nSPS) is 19.6. The summed E-state index contributed by atoms with van der Waals surface area (Å²) in [6.45, 7) is 0.262. The van der Waals surface area contributed by atoms with Gasteiger partial charge in [-0.25, -0.2) is 19.7 Å². The van der Waals surface area contributed by atoms with E-state index in [9.17, 15) is 19.5 Å². The Hall–Kier alpha value is -4.11. The van der Waals surface area contributed by atoms with Crippen LogP contribution in [0.4, 0.5) is 5.13 Å². The number of nitrogens with two attached hydrogens (primary N) is 1. The minimum atomic E-state index is -1.21. The number of pyridine rings is 1. The van der Waals surface area contributed by atoms with Gasteiger partial charge in [0, 0.05) is 34.4 Å². The third-order valence-corrected chi connectivity index (χ3v) is 7.59. The molecule has 4 N–H and O–H groups in total. The number of β-lactam (4-membered cyclic amide) rings is 1. The second kappa shape index (κ2) is 9.50. The Morgan fingerprint density at radius 1 is 1.44 bits per heavy atom. The lowest BCUT2D eigenvalue weighted by atomic mass is 10.0. The second-order valence-electron chi connectivity index (χ2n) is 7.79. The lowest BCUT2D eigenvalue weighted by Gasteiger charge is -2.49. The lowest BCUT2D eigenvalue weighted by molar-refractivity contribution is -0.687. The number of hydrogen-bond acceptors (Lipinski definition) is 11. The number of fused-ring (bicyclic) bond motifs is 2. The number of hydrogen-bond donors (Lipinski definition) is 3. The molecule has 15 heteroatoms. The van der Waals surface area contributed by atoms with Crippen molar-refractivity contribution in [3.05, 3.63) is 53.3 Å². The zero-order valence-corrected chi connectivity index (χ0v) is 20.3. The number of thioether (sulfide) groups is 1. The topological polar surface area (TPSA) is 177 Å². The van der Waals surface area contributed by atoms with Crippen LogP contribution >= 0.6 is 23.1 Å². The first kappa shape index (κ1) is 23.6. The van der Waals surface area contributed by atoms with Crippen molar-refractivity contribution in [3.8, 4) is 0 Å². The van der Waals surface area contributed by atoms with Gasteiger partial charge in [-0.05, 0) is 0 Å². The van der Waals surface area contributed by atoms with E-state index in [1.165, 1.54) is 30.1 Å². The first-order valence-corrected chi connectivity index (χ1v) is 12.4. The molecule has 2 aliphatic heterocycles. The largest absolute Gasteiger partial charge is 0.477 e. The summed E-state index contributed by atoms with van der Waals surface area (Å²) in [7, 11) is 1.28. The number of carboxylic acid groups (broad SMARTS) is 1. The summed E-state index contributed by atoms with van der Waals surface area (Å²) in [5, 5.41) is 18.4. The number of carbonyl (C=O) groups excluding carboxylic acids is 2. The Kier molecular flexibility index (Phi) is 6.24.